The fourth-order valence-corrected chi connectivity index (χ4v) is 5.34. The molecule has 0 unspecified atom stereocenters. The monoisotopic (exact) mass is 446 g/mol. The zero-order valence-corrected chi connectivity index (χ0v) is 19.5. The Morgan fingerprint density at radius 2 is 1.71 bits per heavy atom. The highest BCUT2D eigenvalue weighted by Crippen LogP contribution is 2.29. The van der Waals surface area contributed by atoms with Crippen LogP contribution in [0, 0.1) is 20.8 Å². The van der Waals surface area contributed by atoms with Gasteiger partial charge in [0.2, 0.25) is 10.0 Å². The molecule has 2 aromatic carbocycles. The maximum atomic E-state index is 13.2. The number of sulfonamides is 1. The maximum Gasteiger partial charge on any atom is 0.251 e. The number of ether oxygens (including phenoxy) is 2. The molecular weight excluding hydrogens is 416 g/mol. The van der Waals surface area contributed by atoms with Crippen molar-refractivity contribution in [1.29, 1.82) is 0 Å². The second-order valence-electron chi connectivity index (χ2n) is 7.87. The molecule has 0 bridgehead atoms. The van der Waals surface area contributed by atoms with Gasteiger partial charge in [0.1, 0.15) is 10.6 Å². The van der Waals surface area contributed by atoms with E-state index in [1.54, 1.807) is 6.07 Å². The number of rotatable bonds is 6. The molecule has 0 aliphatic carbocycles. The van der Waals surface area contributed by atoms with E-state index in [-0.39, 0.29) is 41.2 Å². The first-order valence-electron chi connectivity index (χ1n) is 10.3. The van der Waals surface area contributed by atoms with Crippen molar-refractivity contribution in [3.8, 4) is 5.75 Å². The summed E-state index contributed by atoms with van der Waals surface area (Å²) in [6.07, 6.45) is 0. The van der Waals surface area contributed by atoms with E-state index in [1.165, 1.54) is 29.1 Å². The van der Waals surface area contributed by atoms with Gasteiger partial charge in [-0.3, -0.25) is 4.79 Å². The lowest BCUT2D eigenvalue weighted by Gasteiger charge is -2.27. The Balaban J connectivity index is 1.88. The van der Waals surface area contributed by atoms with Gasteiger partial charge < -0.3 is 14.8 Å². The lowest BCUT2D eigenvalue weighted by atomic mass is 9.96. The molecule has 7 nitrogen and oxygen atoms in total. The third-order valence-electron chi connectivity index (χ3n) is 5.71. The third kappa shape index (κ3) is 4.92. The van der Waals surface area contributed by atoms with Crippen LogP contribution in [0.1, 0.15) is 45.6 Å². The van der Waals surface area contributed by atoms with E-state index in [0.29, 0.717) is 13.2 Å². The smallest absolute Gasteiger partial charge is 0.251 e. The zero-order chi connectivity index (χ0) is 22.8. The number of morpholine rings is 1. The lowest BCUT2D eigenvalue weighted by Crippen LogP contribution is -2.40. The van der Waals surface area contributed by atoms with Crippen LogP contribution in [-0.2, 0) is 14.8 Å². The minimum Gasteiger partial charge on any atom is -0.495 e. The molecule has 1 N–H and O–H groups in total. The largest absolute Gasteiger partial charge is 0.495 e. The van der Waals surface area contributed by atoms with Gasteiger partial charge in [-0.2, -0.15) is 4.31 Å². The Morgan fingerprint density at radius 1 is 1.06 bits per heavy atom. The molecule has 0 aromatic heterocycles. The van der Waals surface area contributed by atoms with E-state index >= 15 is 0 Å². The van der Waals surface area contributed by atoms with Crippen molar-refractivity contribution in [3.05, 3.63) is 58.1 Å². The Hall–Kier alpha value is -2.42. The summed E-state index contributed by atoms with van der Waals surface area (Å²) in [5.74, 6) is -0.132. The average molecular weight is 447 g/mol. The second-order valence-corrected chi connectivity index (χ2v) is 9.78. The summed E-state index contributed by atoms with van der Waals surface area (Å²) in [4.78, 5) is 13.0. The lowest BCUT2D eigenvalue weighted by molar-refractivity contribution is 0.0729. The van der Waals surface area contributed by atoms with Gasteiger partial charge in [-0.15, -0.1) is 0 Å². The van der Waals surface area contributed by atoms with E-state index in [2.05, 4.69) is 24.4 Å². The molecule has 1 aliphatic rings. The Kier molecular flexibility index (Phi) is 7.03. The average Bonchev–Trinajstić information content (AvgIpc) is 2.76. The Labute approximate surface area is 184 Å². The van der Waals surface area contributed by atoms with E-state index in [9.17, 15) is 13.2 Å². The molecule has 8 heteroatoms. The molecule has 168 valence electrons. The predicted octanol–water partition coefficient (Wildman–Crippen LogP) is 3.13. The van der Waals surface area contributed by atoms with Crippen molar-refractivity contribution in [3.63, 3.8) is 0 Å². The van der Waals surface area contributed by atoms with Crippen LogP contribution in [0.5, 0.6) is 5.75 Å². The summed E-state index contributed by atoms with van der Waals surface area (Å²) in [5, 5.41) is 2.99. The number of nitrogens with zero attached hydrogens (tertiary/aromatic N) is 1. The summed E-state index contributed by atoms with van der Waals surface area (Å²) in [7, 11) is -2.40. The quantitative estimate of drug-likeness (QED) is 0.737. The number of carbonyl (C=O) groups excluding carboxylic acids is 1. The maximum absolute atomic E-state index is 13.2. The van der Waals surface area contributed by atoms with Crippen LogP contribution in [0.4, 0.5) is 0 Å². The predicted molar refractivity (Wildman–Crippen MR) is 119 cm³/mol. The molecule has 3 rings (SSSR count). The molecular formula is C23H30N2O5S. The molecule has 1 atom stereocenters. The Morgan fingerprint density at radius 3 is 2.35 bits per heavy atom. The van der Waals surface area contributed by atoms with Crippen LogP contribution in [0.25, 0.3) is 0 Å². The number of carbonyl (C=O) groups is 1. The molecule has 1 amide bonds. The second kappa shape index (κ2) is 9.38. The summed E-state index contributed by atoms with van der Waals surface area (Å²) in [6.45, 7) is 9.26. The van der Waals surface area contributed by atoms with Crippen molar-refractivity contribution in [2.45, 2.75) is 38.6 Å². The first kappa shape index (κ1) is 23.2. The number of hydrogen-bond acceptors (Lipinski definition) is 5. The summed E-state index contributed by atoms with van der Waals surface area (Å²) >= 11 is 0. The van der Waals surface area contributed by atoms with Crippen LogP contribution >= 0.6 is 0 Å². The van der Waals surface area contributed by atoms with E-state index in [4.69, 9.17) is 9.47 Å². The number of methoxy groups -OCH3 is 1. The molecule has 0 saturated carbocycles. The fourth-order valence-electron chi connectivity index (χ4n) is 3.75. The highest BCUT2D eigenvalue weighted by atomic mass is 32.2. The summed E-state index contributed by atoms with van der Waals surface area (Å²) in [5.41, 5.74) is 4.76. The number of benzene rings is 2. The minimum atomic E-state index is -3.81. The van der Waals surface area contributed by atoms with E-state index in [0.717, 1.165) is 16.7 Å². The molecule has 1 heterocycles. The zero-order valence-electron chi connectivity index (χ0n) is 18.7. The van der Waals surface area contributed by atoms with Gasteiger partial charge in [0, 0.05) is 18.7 Å². The fraction of sp³-hybridized carbons (Fsp3) is 0.435. The summed E-state index contributed by atoms with van der Waals surface area (Å²) in [6, 6.07) is 8.44. The van der Waals surface area contributed by atoms with Crippen molar-refractivity contribution in [1.82, 2.24) is 9.62 Å². The number of aryl methyl sites for hydroxylation is 3. The van der Waals surface area contributed by atoms with Crippen LogP contribution in [0.15, 0.2) is 35.2 Å². The molecule has 1 fully saturated rings. The van der Waals surface area contributed by atoms with E-state index in [1.807, 2.05) is 20.8 Å². The van der Waals surface area contributed by atoms with Crippen LogP contribution < -0.4 is 10.1 Å². The number of amides is 1. The first-order valence-corrected chi connectivity index (χ1v) is 11.7. The topological polar surface area (TPSA) is 84.9 Å². The summed E-state index contributed by atoms with van der Waals surface area (Å²) < 4.78 is 38.2. The van der Waals surface area contributed by atoms with Gasteiger partial charge in [0.25, 0.3) is 5.91 Å². The van der Waals surface area contributed by atoms with Crippen LogP contribution in [0.2, 0.25) is 0 Å². The minimum absolute atomic E-state index is 0.0143. The standard InChI is InChI=1S/C23H30N2O5S/c1-15-12-17(3)20(13-16(15)2)18(4)24-23(26)19-6-7-21(29-5)22(14-19)31(27,28)25-8-10-30-11-9-25/h6-7,12-14,18H,8-11H2,1-5H3,(H,24,26)/t18-/m1/s1. The van der Waals surface area contributed by atoms with Gasteiger partial charge in [0.15, 0.2) is 0 Å². The number of hydrogen-bond donors (Lipinski definition) is 1. The van der Waals surface area contributed by atoms with Gasteiger partial charge >= 0.3 is 0 Å². The van der Waals surface area contributed by atoms with Crippen LogP contribution in [-0.4, -0.2) is 52.0 Å². The van der Waals surface area contributed by atoms with Gasteiger partial charge in [-0.05, 0) is 68.1 Å². The van der Waals surface area contributed by atoms with Crippen molar-refractivity contribution < 1.29 is 22.7 Å². The SMILES string of the molecule is COc1ccc(C(=O)N[C@H](C)c2cc(C)c(C)cc2C)cc1S(=O)(=O)N1CCOCC1. The molecule has 1 aliphatic heterocycles. The van der Waals surface area contributed by atoms with Crippen molar-refractivity contribution >= 4 is 15.9 Å². The van der Waals surface area contributed by atoms with Crippen molar-refractivity contribution in [2.75, 3.05) is 33.4 Å². The van der Waals surface area contributed by atoms with Gasteiger partial charge in [0.05, 0.1) is 26.4 Å². The van der Waals surface area contributed by atoms with Crippen molar-refractivity contribution in [2.24, 2.45) is 0 Å². The third-order valence-corrected chi connectivity index (χ3v) is 7.63. The van der Waals surface area contributed by atoms with Gasteiger partial charge in [-0.25, -0.2) is 8.42 Å². The molecule has 31 heavy (non-hydrogen) atoms. The Bertz CT molecular complexity index is 1080. The molecule has 0 spiro atoms. The first-order chi connectivity index (χ1) is 14.6. The van der Waals surface area contributed by atoms with Crippen LogP contribution in [0.3, 0.4) is 0 Å². The normalized spacial score (nSPS) is 16.0. The molecule has 2 aromatic rings. The highest BCUT2D eigenvalue weighted by molar-refractivity contribution is 7.89. The van der Waals surface area contributed by atoms with Gasteiger partial charge in [-0.1, -0.05) is 12.1 Å². The molecule has 1 saturated heterocycles. The number of nitrogens with one attached hydrogen (secondary N) is 1. The highest BCUT2D eigenvalue weighted by Gasteiger charge is 2.30. The molecule has 0 radical (unpaired) electrons. The van der Waals surface area contributed by atoms with E-state index < -0.39 is 10.0 Å².